The lowest BCUT2D eigenvalue weighted by Gasteiger charge is -2.07. The van der Waals surface area contributed by atoms with Crippen molar-refractivity contribution in [2.45, 2.75) is 33.6 Å². The number of benzene rings is 1. The fraction of sp³-hybridized carbons (Fsp3) is 0.238. The molecule has 0 aliphatic rings. The summed E-state index contributed by atoms with van der Waals surface area (Å²) < 4.78 is 0. The highest BCUT2D eigenvalue weighted by Gasteiger charge is 2.00. The van der Waals surface area contributed by atoms with Gasteiger partial charge in [-0.3, -0.25) is 0 Å². The van der Waals surface area contributed by atoms with Gasteiger partial charge in [-0.1, -0.05) is 86.7 Å². The number of rotatable bonds is 7. The van der Waals surface area contributed by atoms with Crippen LogP contribution in [-0.4, -0.2) is 0 Å². The van der Waals surface area contributed by atoms with Crippen LogP contribution in [0.3, 0.4) is 0 Å². The summed E-state index contributed by atoms with van der Waals surface area (Å²) in [5.41, 5.74) is 5.99. The smallest absolute Gasteiger partial charge is 0.0181 e. The van der Waals surface area contributed by atoms with Gasteiger partial charge in [0.05, 0.1) is 0 Å². The molecule has 0 bridgehead atoms. The summed E-state index contributed by atoms with van der Waals surface area (Å²) in [6.07, 6.45) is 10.5. The van der Waals surface area contributed by atoms with Crippen LogP contribution >= 0.6 is 0 Å². The Bertz CT molecular complexity index is 565. The summed E-state index contributed by atoms with van der Waals surface area (Å²) in [6, 6.07) is 10.4. The van der Waals surface area contributed by atoms with Gasteiger partial charge in [0.15, 0.2) is 0 Å². The quantitative estimate of drug-likeness (QED) is 0.499. The molecule has 0 atom stereocenters. The molecule has 0 N–H and O–H groups in total. The van der Waals surface area contributed by atoms with Crippen LogP contribution in [0, 0.1) is 0 Å². The minimum Gasteiger partial charge on any atom is -0.0990 e. The molecule has 0 aliphatic carbocycles. The van der Waals surface area contributed by atoms with E-state index in [1.807, 2.05) is 18.2 Å². The van der Waals surface area contributed by atoms with Gasteiger partial charge in [0, 0.05) is 0 Å². The van der Waals surface area contributed by atoms with Crippen LogP contribution in [0.1, 0.15) is 39.2 Å². The van der Waals surface area contributed by atoms with E-state index in [9.17, 15) is 0 Å². The molecule has 0 nitrogen and oxygen atoms in total. The number of allylic oxidation sites excluding steroid dienone is 8. The molecule has 0 radical (unpaired) electrons. The number of hydrogen-bond acceptors (Lipinski definition) is 0. The van der Waals surface area contributed by atoms with Crippen molar-refractivity contribution >= 4 is 5.57 Å². The largest absolute Gasteiger partial charge is 0.0990 e. The van der Waals surface area contributed by atoms with Gasteiger partial charge < -0.3 is 0 Å². The van der Waals surface area contributed by atoms with Gasteiger partial charge in [-0.2, -0.15) is 0 Å². The lowest BCUT2D eigenvalue weighted by atomic mass is 9.98. The van der Waals surface area contributed by atoms with E-state index < -0.39 is 0 Å². The Kier molecular flexibility index (Phi) is 7.25. The highest BCUT2D eigenvalue weighted by atomic mass is 14.1. The van der Waals surface area contributed by atoms with E-state index in [0.717, 1.165) is 17.6 Å². The monoisotopic (exact) mass is 278 g/mol. The molecule has 0 aliphatic heterocycles. The molecule has 1 aromatic rings. The lowest BCUT2D eigenvalue weighted by molar-refractivity contribution is 0.904. The van der Waals surface area contributed by atoms with E-state index in [0.29, 0.717) is 0 Å². The van der Waals surface area contributed by atoms with Gasteiger partial charge in [0.2, 0.25) is 0 Å². The van der Waals surface area contributed by atoms with Crippen molar-refractivity contribution in [3.8, 4) is 0 Å². The second-order valence-electron chi connectivity index (χ2n) is 5.32. The maximum absolute atomic E-state index is 4.19. The average Bonchev–Trinajstić information content (AvgIpc) is 2.47. The molecule has 0 heteroatoms. The molecule has 0 unspecified atom stereocenters. The third kappa shape index (κ3) is 5.83. The van der Waals surface area contributed by atoms with Crippen molar-refractivity contribution in [1.29, 1.82) is 0 Å². The van der Waals surface area contributed by atoms with Crippen LogP contribution < -0.4 is 0 Å². The summed E-state index contributed by atoms with van der Waals surface area (Å²) in [5.74, 6) is 0. The van der Waals surface area contributed by atoms with E-state index in [4.69, 9.17) is 0 Å². The highest BCUT2D eigenvalue weighted by molar-refractivity contribution is 5.76. The first kappa shape index (κ1) is 17.0. The Morgan fingerprint density at radius 1 is 1.10 bits per heavy atom. The van der Waals surface area contributed by atoms with Crippen molar-refractivity contribution in [3.05, 3.63) is 90.1 Å². The molecule has 0 fully saturated rings. The minimum atomic E-state index is 1.08. The number of hydrogen-bond donors (Lipinski definition) is 0. The third-order valence-electron chi connectivity index (χ3n) is 3.35. The van der Waals surface area contributed by atoms with Crippen molar-refractivity contribution in [2.24, 2.45) is 0 Å². The zero-order valence-electron chi connectivity index (χ0n) is 13.5. The Morgan fingerprint density at radius 3 is 2.33 bits per heavy atom. The highest BCUT2D eigenvalue weighted by Crippen LogP contribution is 2.21. The van der Waals surface area contributed by atoms with E-state index >= 15 is 0 Å². The molecule has 110 valence electrons. The standard InChI is InChI=1S/C21H26/c1-6-11-17(3)15-18(4)19(5)16-21(12-7-2)20-13-9-8-10-14-20/h7-10,12-16H,2,4,6,11H2,1,3,5H3/b17-15-,19-16+,21-12+. The predicted molar refractivity (Wildman–Crippen MR) is 96.2 cm³/mol. The molecular weight excluding hydrogens is 252 g/mol. The SMILES string of the molecule is C=C/C=C(\C=C(/C)C(=C)/C=C(/C)CCC)c1ccccc1. The Balaban J connectivity index is 3.02. The van der Waals surface area contributed by atoms with Crippen LogP contribution in [-0.2, 0) is 0 Å². The normalized spacial score (nSPS) is 13.2. The van der Waals surface area contributed by atoms with E-state index in [2.05, 4.69) is 70.3 Å². The van der Waals surface area contributed by atoms with Gasteiger partial charge >= 0.3 is 0 Å². The summed E-state index contributed by atoms with van der Waals surface area (Å²) in [4.78, 5) is 0. The lowest BCUT2D eigenvalue weighted by Crippen LogP contribution is -1.86. The Labute approximate surface area is 129 Å². The first-order valence-corrected chi connectivity index (χ1v) is 7.51. The Hall–Kier alpha value is -2.08. The molecule has 0 heterocycles. The fourth-order valence-electron chi connectivity index (χ4n) is 2.19. The fourth-order valence-corrected chi connectivity index (χ4v) is 2.19. The zero-order valence-corrected chi connectivity index (χ0v) is 13.5. The molecular formula is C21H26. The minimum absolute atomic E-state index is 1.08. The molecule has 0 aromatic heterocycles. The third-order valence-corrected chi connectivity index (χ3v) is 3.35. The topological polar surface area (TPSA) is 0 Å². The second kappa shape index (κ2) is 8.97. The first-order chi connectivity index (χ1) is 10.1. The van der Waals surface area contributed by atoms with E-state index in [1.54, 1.807) is 0 Å². The molecule has 0 spiro atoms. The van der Waals surface area contributed by atoms with Crippen LogP contribution in [0.25, 0.3) is 5.57 Å². The maximum Gasteiger partial charge on any atom is -0.0181 e. The average molecular weight is 278 g/mol. The van der Waals surface area contributed by atoms with Crippen molar-refractivity contribution < 1.29 is 0 Å². The molecule has 1 aromatic carbocycles. The Morgan fingerprint density at radius 2 is 1.76 bits per heavy atom. The van der Waals surface area contributed by atoms with E-state index in [-0.39, 0.29) is 0 Å². The molecule has 0 saturated carbocycles. The first-order valence-electron chi connectivity index (χ1n) is 7.51. The maximum atomic E-state index is 4.19. The molecule has 0 amide bonds. The summed E-state index contributed by atoms with van der Waals surface area (Å²) in [7, 11) is 0. The van der Waals surface area contributed by atoms with Gasteiger partial charge in [0.1, 0.15) is 0 Å². The van der Waals surface area contributed by atoms with Gasteiger partial charge in [-0.15, -0.1) is 0 Å². The van der Waals surface area contributed by atoms with Gasteiger partial charge in [-0.05, 0) is 42.6 Å². The van der Waals surface area contributed by atoms with Gasteiger partial charge in [-0.25, -0.2) is 0 Å². The molecule has 21 heavy (non-hydrogen) atoms. The van der Waals surface area contributed by atoms with Crippen LogP contribution in [0.4, 0.5) is 0 Å². The van der Waals surface area contributed by atoms with Crippen molar-refractivity contribution in [1.82, 2.24) is 0 Å². The van der Waals surface area contributed by atoms with Crippen molar-refractivity contribution in [2.75, 3.05) is 0 Å². The van der Waals surface area contributed by atoms with Crippen LogP contribution in [0.15, 0.2) is 84.5 Å². The summed E-state index contributed by atoms with van der Waals surface area (Å²) in [6.45, 7) is 14.5. The zero-order chi connectivity index (χ0) is 15.7. The predicted octanol–water partition coefficient (Wildman–Crippen LogP) is 6.50. The van der Waals surface area contributed by atoms with E-state index in [1.165, 1.54) is 23.1 Å². The van der Waals surface area contributed by atoms with Crippen LogP contribution in [0.5, 0.6) is 0 Å². The summed E-state index contributed by atoms with van der Waals surface area (Å²) in [5, 5.41) is 0. The summed E-state index contributed by atoms with van der Waals surface area (Å²) >= 11 is 0. The molecule has 1 rings (SSSR count). The van der Waals surface area contributed by atoms with Crippen LogP contribution in [0.2, 0.25) is 0 Å². The molecule has 0 saturated heterocycles. The van der Waals surface area contributed by atoms with Crippen molar-refractivity contribution in [3.63, 3.8) is 0 Å². The van der Waals surface area contributed by atoms with Gasteiger partial charge in [0.25, 0.3) is 0 Å². The second-order valence-corrected chi connectivity index (χ2v) is 5.32.